The van der Waals surface area contributed by atoms with Crippen LogP contribution in [-0.2, 0) is 9.59 Å². The van der Waals surface area contributed by atoms with E-state index in [1.54, 1.807) is 36.3 Å². The zero-order valence-electron chi connectivity index (χ0n) is 21.5. The van der Waals surface area contributed by atoms with E-state index in [1.807, 2.05) is 39.0 Å². The number of para-hydroxylation sites is 1. The van der Waals surface area contributed by atoms with Crippen LogP contribution in [0.5, 0.6) is 11.5 Å². The van der Waals surface area contributed by atoms with Crippen molar-refractivity contribution >= 4 is 17.4 Å². The van der Waals surface area contributed by atoms with Crippen molar-refractivity contribution in [3.05, 3.63) is 64.7 Å². The number of nitrogens with zero attached hydrogens (tertiary/aromatic N) is 2. The van der Waals surface area contributed by atoms with Crippen molar-refractivity contribution in [2.45, 2.75) is 46.8 Å². The van der Waals surface area contributed by atoms with E-state index in [4.69, 9.17) is 9.47 Å². The van der Waals surface area contributed by atoms with Gasteiger partial charge in [-0.25, -0.2) is 0 Å². The predicted molar refractivity (Wildman–Crippen MR) is 137 cm³/mol. The number of hydrogen-bond donors (Lipinski definition) is 1. The molecule has 0 radical (unpaired) electrons. The molecule has 0 spiro atoms. The van der Waals surface area contributed by atoms with Gasteiger partial charge in [0.25, 0.3) is 11.7 Å². The summed E-state index contributed by atoms with van der Waals surface area (Å²) in [6.45, 7) is 12.5. The second kappa shape index (κ2) is 11.4. The number of amides is 1. The highest BCUT2D eigenvalue weighted by atomic mass is 16.5. The molecular weight excluding hydrogens is 444 g/mol. The van der Waals surface area contributed by atoms with Gasteiger partial charge in [0.15, 0.2) is 0 Å². The van der Waals surface area contributed by atoms with Crippen LogP contribution >= 0.6 is 0 Å². The van der Waals surface area contributed by atoms with Gasteiger partial charge in [-0.15, -0.1) is 0 Å². The summed E-state index contributed by atoms with van der Waals surface area (Å²) in [4.78, 5) is 30.3. The van der Waals surface area contributed by atoms with E-state index in [1.165, 1.54) is 0 Å². The number of likely N-dealkylation sites (tertiary alicyclic amines) is 1. The molecule has 7 heteroatoms. The van der Waals surface area contributed by atoms with Crippen LogP contribution in [0, 0.1) is 6.92 Å². The fourth-order valence-corrected chi connectivity index (χ4v) is 4.45. The second-order valence-electron chi connectivity index (χ2n) is 8.91. The predicted octanol–water partition coefficient (Wildman–Crippen LogP) is 4.55. The number of aliphatic hydroxyl groups excluding tert-OH is 1. The lowest BCUT2D eigenvalue weighted by Crippen LogP contribution is -2.38. The molecule has 1 saturated heterocycles. The summed E-state index contributed by atoms with van der Waals surface area (Å²) >= 11 is 0. The van der Waals surface area contributed by atoms with Crippen molar-refractivity contribution in [1.29, 1.82) is 0 Å². The van der Waals surface area contributed by atoms with E-state index >= 15 is 0 Å². The average Bonchev–Trinajstić information content (AvgIpc) is 3.10. The summed E-state index contributed by atoms with van der Waals surface area (Å²) in [6, 6.07) is 11.8. The molecule has 2 aromatic carbocycles. The van der Waals surface area contributed by atoms with E-state index < -0.39 is 17.7 Å². The lowest BCUT2D eigenvalue weighted by atomic mass is 9.94. The molecule has 1 aliphatic heterocycles. The van der Waals surface area contributed by atoms with Gasteiger partial charge in [0.2, 0.25) is 0 Å². The van der Waals surface area contributed by atoms with Crippen LogP contribution in [0.15, 0.2) is 48.0 Å². The fourth-order valence-electron chi connectivity index (χ4n) is 4.45. The van der Waals surface area contributed by atoms with Crippen molar-refractivity contribution in [1.82, 2.24) is 9.80 Å². The normalized spacial score (nSPS) is 17.5. The van der Waals surface area contributed by atoms with E-state index in [2.05, 4.69) is 18.7 Å². The Morgan fingerprint density at radius 1 is 1.09 bits per heavy atom. The van der Waals surface area contributed by atoms with Crippen LogP contribution < -0.4 is 9.47 Å². The third kappa shape index (κ3) is 5.51. The van der Waals surface area contributed by atoms with E-state index in [0.29, 0.717) is 35.7 Å². The first kappa shape index (κ1) is 26.3. The molecule has 0 aromatic heterocycles. The number of aliphatic hydroxyl groups is 1. The Kier molecular flexibility index (Phi) is 8.57. The quantitative estimate of drug-likeness (QED) is 0.305. The summed E-state index contributed by atoms with van der Waals surface area (Å²) in [5.74, 6) is -0.263. The van der Waals surface area contributed by atoms with Gasteiger partial charge in [-0.2, -0.15) is 0 Å². The minimum absolute atomic E-state index is 0.00910. The van der Waals surface area contributed by atoms with Crippen molar-refractivity contribution in [3.63, 3.8) is 0 Å². The maximum absolute atomic E-state index is 13.3. The number of methoxy groups -OCH3 is 1. The summed E-state index contributed by atoms with van der Waals surface area (Å²) in [6.07, 6.45) is 0.00910. The van der Waals surface area contributed by atoms with Crippen LogP contribution in [0.1, 0.15) is 50.4 Å². The molecule has 0 aliphatic carbocycles. The lowest BCUT2D eigenvalue weighted by molar-refractivity contribution is -0.140. The Morgan fingerprint density at radius 3 is 2.37 bits per heavy atom. The molecule has 1 heterocycles. The molecule has 0 bridgehead atoms. The number of ketones is 1. The number of likely N-dealkylation sites (N-methyl/N-ethyl adjacent to an activating group) is 1. The third-order valence-electron chi connectivity index (χ3n) is 6.34. The largest absolute Gasteiger partial charge is 0.507 e. The van der Waals surface area contributed by atoms with E-state index in [0.717, 1.165) is 18.7 Å². The molecule has 7 nitrogen and oxygen atoms in total. The number of aryl methyl sites for hydroxylation is 1. The molecule has 35 heavy (non-hydrogen) atoms. The number of hydrogen-bond acceptors (Lipinski definition) is 6. The minimum Gasteiger partial charge on any atom is -0.507 e. The minimum atomic E-state index is -0.756. The number of Topliss-reactive ketones (excluding diaryl/α,β-unsaturated/α-hetero) is 1. The topological polar surface area (TPSA) is 79.3 Å². The Labute approximate surface area is 207 Å². The molecule has 1 N–H and O–H groups in total. The van der Waals surface area contributed by atoms with Crippen LogP contribution in [0.3, 0.4) is 0 Å². The molecule has 1 aliphatic rings. The van der Waals surface area contributed by atoms with Crippen molar-refractivity contribution in [3.8, 4) is 11.5 Å². The maximum Gasteiger partial charge on any atom is 0.295 e. The zero-order valence-corrected chi connectivity index (χ0v) is 21.5. The Bertz CT molecular complexity index is 1100. The molecule has 0 saturated carbocycles. The number of rotatable bonds is 10. The fraction of sp³-hybridized carbons (Fsp3) is 0.429. The molecule has 3 rings (SSSR count). The van der Waals surface area contributed by atoms with E-state index in [-0.39, 0.29) is 17.4 Å². The van der Waals surface area contributed by atoms with Crippen LogP contribution in [0.25, 0.3) is 5.76 Å². The van der Waals surface area contributed by atoms with Crippen molar-refractivity contribution in [2.24, 2.45) is 0 Å². The standard InChI is InChI=1S/C28H36N2O5/c1-7-29(8-2)15-16-30-25(21-11-9-10-12-23(21)34-6)24(27(32)28(30)33)26(31)20-13-14-22(19(5)17-20)35-18(3)4/h9-14,17-18,25,31H,7-8,15-16H2,1-6H3/b26-24+. The summed E-state index contributed by atoms with van der Waals surface area (Å²) in [7, 11) is 1.55. The number of carbonyl (C=O) groups excluding carboxylic acids is 2. The summed E-state index contributed by atoms with van der Waals surface area (Å²) < 4.78 is 11.4. The second-order valence-corrected chi connectivity index (χ2v) is 8.91. The van der Waals surface area contributed by atoms with Crippen LogP contribution in [0.4, 0.5) is 0 Å². The first-order valence-corrected chi connectivity index (χ1v) is 12.1. The molecule has 1 atom stereocenters. The summed E-state index contributed by atoms with van der Waals surface area (Å²) in [5, 5.41) is 11.4. The van der Waals surface area contributed by atoms with Gasteiger partial charge < -0.3 is 24.4 Å². The van der Waals surface area contributed by atoms with Gasteiger partial charge >= 0.3 is 0 Å². The maximum atomic E-state index is 13.3. The van der Waals surface area contributed by atoms with Gasteiger partial charge in [0, 0.05) is 24.2 Å². The Hall–Kier alpha value is -3.32. The van der Waals surface area contributed by atoms with Gasteiger partial charge in [-0.1, -0.05) is 32.0 Å². The molecule has 188 valence electrons. The van der Waals surface area contributed by atoms with Gasteiger partial charge in [-0.3, -0.25) is 9.59 Å². The highest BCUT2D eigenvalue weighted by Crippen LogP contribution is 2.42. The first-order valence-electron chi connectivity index (χ1n) is 12.1. The number of benzene rings is 2. The molecule has 1 unspecified atom stereocenters. The lowest BCUT2D eigenvalue weighted by Gasteiger charge is -2.29. The Morgan fingerprint density at radius 2 is 1.77 bits per heavy atom. The molecule has 1 fully saturated rings. The van der Waals surface area contributed by atoms with Gasteiger partial charge in [0.05, 0.1) is 24.8 Å². The number of ether oxygens (including phenoxy) is 2. The zero-order chi connectivity index (χ0) is 25.7. The van der Waals surface area contributed by atoms with Crippen molar-refractivity contribution in [2.75, 3.05) is 33.3 Å². The monoisotopic (exact) mass is 480 g/mol. The van der Waals surface area contributed by atoms with Crippen LogP contribution in [-0.4, -0.2) is 66.0 Å². The SMILES string of the molecule is CCN(CC)CCN1C(=O)C(=O)/C(=C(/O)c2ccc(OC(C)C)c(C)c2)C1c1ccccc1OC. The van der Waals surface area contributed by atoms with Gasteiger partial charge in [-0.05, 0) is 63.7 Å². The highest BCUT2D eigenvalue weighted by Gasteiger charge is 2.47. The summed E-state index contributed by atoms with van der Waals surface area (Å²) in [5.41, 5.74) is 2.01. The van der Waals surface area contributed by atoms with E-state index in [9.17, 15) is 14.7 Å². The highest BCUT2D eigenvalue weighted by molar-refractivity contribution is 6.46. The third-order valence-corrected chi connectivity index (χ3v) is 6.34. The first-order chi connectivity index (χ1) is 16.7. The Balaban J connectivity index is 2.13. The number of carbonyl (C=O) groups is 2. The average molecular weight is 481 g/mol. The molecular formula is C28H36N2O5. The molecule has 1 amide bonds. The smallest absolute Gasteiger partial charge is 0.295 e. The van der Waals surface area contributed by atoms with Gasteiger partial charge in [0.1, 0.15) is 17.3 Å². The molecule has 2 aromatic rings. The van der Waals surface area contributed by atoms with Crippen molar-refractivity contribution < 1.29 is 24.2 Å². The van der Waals surface area contributed by atoms with Crippen LogP contribution in [0.2, 0.25) is 0 Å².